The van der Waals surface area contributed by atoms with Crippen molar-refractivity contribution in [1.82, 2.24) is 20.1 Å². The van der Waals surface area contributed by atoms with Crippen molar-refractivity contribution in [2.24, 2.45) is 5.73 Å². The number of fused-ring (bicyclic) bond motifs is 1. The maximum atomic E-state index is 5.61. The first-order valence-electron chi connectivity index (χ1n) is 6.11. The number of pyridine rings is 1. The van der Waals surface area contributed by atoms with Crippen LogP contribution < -0.4 is 11.1 Å². The van der Waals surface area contributed by atoms with Crippen molar-refractivity contribution in [3.05, 3.63) is 24.0 Å². The van der Waals surface area contributed by atoms with E-state index >= 15 is 0 Å². The Morgan fingerprint density at radius 2 is 2.18 bits per heavy atom. The van der Waals surface area contributed by atoms with Crippen molar-refractivity contribution < 1.29 is 0 Å². The normalized spacial score (nSPS) is 17.7. The molecular weight excluding hydrogens is 214 g/mol. The molecule has 5 heteroatoms. The summed E-state index contributed by atoms with van der Waals surface area (Å²) in [5, 5.41) is 8.93. The zero-order valence-corrected chi connectivity index (χ0v) is 9.76. The van der Waals surface area contributed by atoms with E-state index in [0.29, 0.717) is 12.6 Å². The molecule has 1 aliphatic rings. The second kappa shape index (κ2) is 4.43. The standard InChI is InChI=1S/C12H17N5/c13-6-9-5-10-8-16-17(12(10)15-7-9)11-1-3-14-4-2-11/h5,7-8,11,14H,1-4,6,13H2. The van der Waals surface area contributed by atoms with Crippen LogP contribution in [0.4, 0.5) is 0 Å². The van der Waals surface area contributed by atoms with E-state index in [4.69, 9.17) is 5.73 Å². The van der Waals surface area contributed by atoms with Gasteiger partial charge in [0, 0.05) is 18.1 Å². The SMILES string of the molecule is NCc1cnc2c(cnn2C2CCNCC2)c1. The number of aromatic nitrogens is 3. The minimum Gasteiger partial charge on any atom is -0.326 e. The quantitative estimate of drug-likeness (QED) is 0.802. The highest BCUT2D eigenvalue weighted by Gasteiger charge is 2.18. The number of hydrogen-bond acceptors (Lipinski definition) is 4. The van der Waals surface area contributed by atoms with Crippen molar-refractivity contribution in [3.8, 4) is 0 Å². The van der Waals surface area contributed by atoms with Gasteiger partial charge in [0.25, 0.3) is 0 Å². The molecule has 0 unspecified atom stereocenters. The van der Waals surface area contributed by atoms with Gasteiger partial charge in [-0.1, -0.05) is 0 Å². The molecule has 3 rings (SSSR count). The fraction of sp³-hybridized carbons (Fsp3) is 0.500. The second-order valence-corrected chi connectivity index (χ2v) is 4.53. The predicted octanol–water partition coefficient (Wildman–Crippen LogP) is 0.814. The maximum Gasteiger partial charge on any atom is 0.157 e. The Bertz CT molecular complexity index is 513. The lowest BCUT2D eigenvalue weighted by Gasteiger charge is -2.23. The van der Waals surface area contributed by atoms with Gasteiger partial charge in [-0.2, -0.15) is 5.10 Å². The molecule has 1 saturated heterocycles. The number of hydrogen-bond donors (Lipinski definition) is 2. The average molecular weight is 231 g/mol. The second-order valence-electron chi connectivity index (χ2n) is 4.53. The van der Waals surface area contributed by atoms with Gasteiger partial charge in [0.1, 0.15) is 0 Å². The highest BCUT2D eigenvalue weighted by atomic mass is 15.3. The molecule has 5 nitrogen and oxygen atoms in total. The zero-order valence-electron chi connectivity index (χ0n) is 9.76. The lowest BCUT2D eigenvalue weighted by Crippen LogP contribution is -2.29. The largest absolute Gasteiger partial charge is 0.326 e. The van der Waals surface area contributed by atoms with Gasteiger partial charge in [0.05, 0.1) is 12.2 Å². The molecule has 90 valence electrons. The van der Waals surface area contributed by atoms with Crippen molar-refractivity contribution in [2.45, 2.75) is 25.4 Å². The molecule has 2 aromatic rings. The molecule has 1 aliphatic heterocycles. The third-order valence-electron chi connectivity index (χ3n) is 3.38. The van der Waals surface area contributed by atoms with Crippen LogP contribution in [0.3, 0.4) is 0 Å². The Balaban J connectivity index is 1.99. The number of nitrogens with zero attached hydrogens (tertiary/aromatic N) is 3. The van der Waals surface area contributed by atoms with Gasteiger partial charge in [-0.25, -0.2) is 9.67 Å². The molecule has 0 aromatic carbocycles. The first kappa shape index (κ1) is 10.7. The molecule has 3 heterocycles. The number of rotatable bonds is 2. The smallest absolute Gasteiger partial charge is 0.157 e. The van der Waals surface area contributed by atoms with Crippen LogP contribution in [0.1, 0.15) is 24.4 Å². The molecule has 0 amide bonds. The van der Waals surface area contributed by atoms with E-state index in [2.05, 4.69) is 26.1 Å². The minimum absolute atomic E-state index is 0.477. The van der Waals surface area contributed by atoms with Gasteiger partial charge in [-0.3, -0.25) is 0 Å². The van der Waals surface area contributed by atoms with Crippen LogP contribution in [0.25, 0.3) is 11.0 Å². The fourth-order valence-corrected chi connectivity index (χ4v) is 2.42. The van der Waals surface area contributed by atoms with E-state index in [1.54, 1.807) is 0 Å². The molecule has 0 spiro atoms. The third-order valence-corrected chi connectivity index (χ3v) is 3.38. The predicted molar refractivity (Wildman–Crippen MR) is 66.6 cm³/mol. The van der Waals surface area contributed by atoms with Crippen LogP contribution >= 0.6 is 0 Å². The van der Waals surface area contributed by atoms with Crippen molar-refractivity contribution in [2.75, 3.05) is 13.1 Å². The molecular formula is C12H17N5. The molecule has 3 N–H and O–H groups in total. The van der Waals surface area contributed by atoms with E-state index < -0.39 is 0 Å². The van der Waals surface area contributed by atoms with Gasteiger partial charge in [-0.05, 0) is 37.6 Å². The Labute approximate surface area is 100 Å². The maximum absolute atomic E-state index is 5.61. The topological polar surface area (TPSA) is 68.8 Å². The van der Waals surface area contributed by atoms with E-state index in [1.165, 1.54) is 0 Å². The highest BCUT2D eigenvalue weighted by molar-refractivity contribution is 5.75. The van der Waals surface area contributed by atoms with Crippen molar-refractivity contribution in [3.63, 3.8) is 0 Å². The van der Waals surface area contributed by atoms with Gasteiger partial charge in [0.2, 0.25) is 0 Å². The summed E-state index contributed by atoms with van der Waals surface area (Å²) >= 11 is 0. The summed E-state index contributed by atoms with van der Waals surface area (Å²) in [6, 6.07) is 2.55. The minimum atomic E-state index is 0.477. The Morgan fingerprint density at radius 3 is 2.94 bits per heavy atom. The molecule has 1 fully saturated rings. The number of piperidine rings is 1. The fourth-order valence-electron chi connectivity index (χ4n) is 2.42. The van der Waals surface area contributed by atoms with E-state index in [-0.39, 0.29) is 0 Å². The summed E-state index contributed by atoms with van der Waals surface area (Å²) in [5.74, 6) is 0. The summed E-state index contributed by atoms with van der Waals surface area (Å²) in [6.07, 6.45) is 5.99. The molecule has 0 saturated carbocycles. The van der Waals surface area contributed by atoms with Crippen LogP contribution in [0, 0.1) is 0 Å². The third kappa shape index (κ3) is 1.92. The van der Waals surface area contributed by atoms with Crippen LogP contribution in [0.2, 0.25) is 0 Å². The van der Waals surface area contributed by atoms with E-state index in [0.717, 1.165) is 42.5 Å². The molecule has 0 bridgehead atoms. The van der Waals surface area contributed by atoms with Crippen LogP contribution in [-0.4, -0.2) is 27.9 Å². The molecule has 2 aromatic heterocycles. The number of nitrogens with two attached hydrogens (primary N) is 1. The first-order valence-corrected chi connectivity index (χ1v) is 6.11. The number of nitrogens with one attached hydrogen (secondary N) is 1. The lowest BCUT2D eigenvalue weighted by atomic mass is 10.1. The molecule has 0 aliphatic carbocycles. The van der Waals surface area contributed by atoms with Crippen LogP contribution in [0.15, 0.2) is 18.5 Å². The van der Waals surface area contributed by atoms with Gasteiger partial charge < -0.3 is 11.1 Å². The van der Waals surface area contributed by atoms with Crippen molar-refractivity contribution >= 4 is 11.0 Å². The van der Waals surface area contributed by atoms with E-state index in [9.17, 15) is 0 Å². The zero-order chi connectivity index (χ0) is 11.7. The Morgan fingerprint density at radius 1 is 1.35 bits per heavy atom. The summed E-state index contributed by atoms with van der Waals surface area (Å²) in [7, 11) is 0. The van der Waals surface area contributed by atoms with Crippen LogP contribution in [0.5, 0.6) is 0 Å². The Kier molecular flexibility index (Phi) is 2.78. The van der Waals surface area contributed by atoms with Gasteiger partial charge in [-0.15, -0.1) is 0 Å². The van der Waals surface area contributed by atoms with Crippen LogP contribution in [-0.2, 0) is 6.54 Å². The lowest BCUT2D eigenvalue weighted by molar-refractivity contribution is 0.350. The van der Waals surface area contributed by atoms with E-state index in [1.807, 2.05) is 12.4 Å². The summed E-state index contributed by atoms with van der Waals surface area (Å²) in [5.41, 5.74) is 7.65. The summed E-state index contributed by atoms with van der Waals surface area (Å²) < 4.78 is 2.07. The van der Waals surface area contributed by atoms with Crippen molar-refractivity contribution in [1.29, 1.82) is 0 Å². The van der Waals surface area contributed by atoms with Gasteiger partial charge in [0.15, 0.2) is 5.65 Å². The Hall–Kier alpha value is -1.46. The molecule has 0 radical (unpaired) electrons. The van der Waals surface area contributed by atoms with Gasteiger partial charge >= 0.3 is 0 Å². The summed E-state index contributed by atoms with van der Waals surface area (Å²) in [4.78, 5) is 4.49. The molecule has 0 atom stereocenters. The summed E-state index contributed by atoms with van der Waals surface area (Å²) in [6.45, 7) is 2.65. The average Bonchev–Trinajstić information content (AvgIpc) is 2.82. The molecule has 17 heavy (non-hydrogen) atoms. The first-order chi connectivity index (χ1) is 8.38. The highest BCUT2D eigenvalue weighted by Crippen LogP contribution is 2.22. The monoisotopic (exact) mass is 231 g/mol.